The largest absolute Gasteiger partial charge is 0.573 e. The van der Waals surface area contributed by atoms with Crippen molar-refractivity contribution < 1.29 is 26.7 Å². The van der Waals surface area contributed by atoms with Gasteiger partial charge in [0.2, 0.25) is 0 Å². The molecular formula is C24H17F5O. The summed E-state index contributed by atoms with van der Waals surface area (Å²) in [6, 6.07) is 15.3. The third-order valence-electron chi connectivity index (χ3n) is 4.29. The second-order valence-corrected chi connectivity index (χ2v) is 6.58. The van der Waals surface area contributed by atoms with Gasteiger partial charge >= 0.3 is 6.36 Å². The van der Waals surface area contributed by atoms with E-state index in [-0.39, 0.29) is 11.1 Å². The fraction of sp³-hybridized carbons (Fsp3) is 0.167. The normalized spacial score (nSPS) is 11.0. The Kier molecular flexibility index (Phi) is 6.41. The number of halogens is 5. The van der Waals surface area contributed by atoms with Crippen LogP contribution in [0.5, 0.6) is 5.75 Å². The Morgan fingerprint density at radius 2 is 1.50 bits per heavy atom. The second kappa shape index (κ2) is 9.00. The minimum Gasteiger partial charge on any atom is -0.403 e. The van der Waals surface area contributed by atoms with Crippen LogP contribution in [-0.4, -0.2) is 6.36 Å². The van der Waals surface area contributed by atoms with Gasteiger partial charge in [0.05, 0.1) is 5.56 Å². The molecule has 3 aromatic rings. The number of benzene rings is 3. The van der Waals surface area contributed by atoms with Gasteiger partial charge in [0.25, 0.3) is 0 Å². The zero-order valence-corrected chi connectivity index (χ0v) is 16.0. The number of alkyl halides is 3. The molecular weight excluding hydrogens is 399 g/mol. The van der Waals surface area contributed by atoms with E-state index in [9.17, 15) is 22.0 Å². The lowest BCUT2D eigenvalue weighted by molar-refractivity contribution is -0.275. The molecule has 0 aromatic heterocycles. The third-order valence-corrected chi connectivity index (χ3v) is 4.29. The van der Waals surface area contributed by atoms with Gasteiger partial charge in [-0.25, -0.2) is 8.78 Å². The van der Waals surface area contributed by atoms with Gasteiger partial charge in [-0.3, -0.25) is 0 Å². The lowest BCUT2D eigenvalue weighted by Crippen LogP contribution is -2.17. The maximum absolute atomic E-state index is 14.4. The molecule has 0 aliphatic carbocycles. The van der Waals surface area contributed by atoms with Gasteiger partial charge in [-0.15, -0.1) is 13.2 Å². The van der Waals surface area contributed by atoms with Gasteiger partial charge in [0.15, 0.2) is 11.6 Å². The smallest absolute Gasteiger partial charge is 0.403 e. The molecule has 0 aliphatic heterocycles. The quantitative estimate of drug-likeness (QED) is 0.333. The van der Waals surface area contributed by atoms with Crippen molar-refractivity contribution in [1.82, 2.24) is 0 Å². The molecule has 0 aliphatic rings. The van der Waals surface area contributed by atoms with Gasteiger partial charge in [-0.1, -0.05) is 55.5 Å². The van der Waals surface area contributed by atoms with Crippen LogP contribution < -0.4 is 4.74 Å². The summed E-state index contributed by atoms with van der Waals surface area (Å²) < 4.78 is 68.3. The van der Waals surface area contributed by atoms with Crippen LogP contribution in [0.25, 0.3) is 11.1 Å². The van der Waals surface area contributed by atoms with Gasteiger partial charge < -0.3 is 4.74 Å². The first-order chi connectivity index (χ1) is 14.2. The van der Waals surface area contributed by atoms with Crippen LogP contribution >= 0.6 is 0 Å². The molecule has 30 heavy (non-hydrogen) atoms. The van der Waals surface area contributed by atoms with E-state index in [0.29, 0.717) is 5.56 Å². The molecule has 0 fully saturated rings. The summed E-state index contributed by atoms with van der Waals surface area (Å²) in [5, 5.41) is 0. The maximum Gasteiger partial charge on any atom is 0.573 e. The zero-order valence-electron chi connectivity index (χ0n) is 16.0. The number of hydrogen-bond acceptors (Lipinski definition) is 1. The average molecular weight is 416 g/mol. The summed E-state index contributed by atoms with van der Waals surface area (Å²) in [5.41, 5.74) is 2.97. The number of ether oxygens (including phenoxy) is 1. The minimum atomic E-state index is -4.99. The van der Waals surface area contributed by atoms with Crippen molar-refractivity contribution in [2.45, 2.75) is 26.1 Å². The van der Waals surface area contributed by atoms with Gasteiger partial charge in [0.1, 0.15) is 5.82 Å². The van der Waals surface area contributed by atoms with Crippen molar-refractivity contribution in [3.63, 3.8) is 0 Å². The van der Waals surface area contributed by atoms with Crippen LogP contribution in [0.1, 0.15) is 30.0 Å². The van der Waals surface area contributed by atoms with E-state index >= 15 is 0 Å². The molecule has 0 saturated carbocycles. The predicted molar refractivity (Wildman–Crippen MR) is 105 cm³/mol. The molecule has 0 unspecified atom stereocenters. The van der Waals surface area contributed by atoms with E-state index in [1.807, 2.05) is 24.3 Å². The Balaban J connectivity index is 1.79. The molecule has 0 heterocycles. The van der Waals surface area contributed by atoms with E-state index in [1.54, 1.807) is 6.07 Å². The summed E-state index contributed by atoms with van der Waals surface area (Å²) in [6.45, 7) is 2.10. The predicted octanol–water partition coefficient (Wildman–Crippen LogP) is 6.88. The lowest BCUT2D eigenvalue weighted by Gasteiger charge is -2.09. The molecule has 0 amide bonds. The first-order valence-corrected chi connectivity index (χ1v) is 9.21. The highest BCUT2D eigenvalue weighted by Gasteiger charge is 2.32. The van der Waals surface area contributed by atoms with Crippen molar-refractivity contribution in [2.24, 2.45) is 0 Å². The van der Waals surface area contributed by atoms with E-state index in [4.69, 9.17) is 0 Å². The van der Waals surface area contributed by atoms with Crippen LogP contribution in [0.4, 0.5) is 22.0 Å². The van der Waals surface area contributed by atoms with Gasteiger partial charge in [-0.05, 0) is 53.4 Å². The van der Waals surface area contributed by atoms with E-state index in [1.165, 1.54) is 23.8 Å². The molecule has 1 nitrogen and oxygen atoms in total. The molecule has 6 heteroatoms. The van der Waals surface area contributed by atoms with Crippen LogP contribution in [0.3, 0.4) is 0 Å². The molecule has 154 valence electrons. The lowest BCUT2D eigenvalue weighted by atomic mass is 10.0. The minimum absolute atomic E-state index is 0.0945. The molecule has 0 spiro atoms. The highest BCUT2D eigenvalue weighted by atomic mass is 19.4. The number of hydrogen-bond donors (Lipinski definition) is 0. The van der Waals surface area contributed by atoms with E-state index in [0.717, 1.165) is 30.5 Å². The average Bonchev–Trinajstić information content (AvgIpc) is 2.69. The summed E-state index contributed by atoms with van der Waals surface area (Å²) in [4.78, 5) is 0. The third kappa shape index (κ3) is 5.60. The first kappa shape index (κ1) is 21.4. The molecule has 0 radical (unpaired) electrons. The summed E-state index contributed by atoms with van der Waals surface area (Å²) in [5.74, 6) is 2.42. The number of aryl methyl sites for hydroxylation is 1. The Morgan fingerprint density at radius 1 is 0.800 bits per heavy atom. The SMILES string of the molecule is CCCc1ccc(-c2ccc(C#Cc3ccc(OC(F)(F)F)c(F)c3)c(F)c2)cc1. The van der Waals surface area contributed by atoms with Crippen molar-refractivity contribution in [3.05, 3.63) is 89.0 Å². The molecule has 0 N–H and O–H groups in total. The maximum atomic E-state index is 14.4. The molecule has 0 atom stereocenters. The molecule has 3 aromatic carbocycles. The Labute approximate surface area is 171 Å². The Hall–Kier alpha value is -3.33. The second-order valence-electron chi connectivity index (χ2n) is 6.58. The van der Waals surface area contributed by atoms with Crippen molar-refractivity contribution in [3.8, 4) is 28.7 Å². The Bertz CT molecular complexity index is 1090. The summed E-state index contributed by atoms with van der Waals surface area (Å²) in [7, 11) is 0. The van der Waals surface area contributed by atoms with Crippen molar-refractivity contribution in [1.29, 1.82) is 0 Å². The highest BCUT2D eigenvalue weighted by molar-refractivity contribution is 5.65. The van der Waals surface area contributed by atoms with Crippen LogP contribution in [0, 0.1) is 23.5 Å². The summed E-state index contributed by atoms with van der Waals surface area (Å²) in [6.07, 6.45) is -2.97. The molecule has 0 bridgehead atoms. The fourth-order valence-electron chi connectivity index (χ4n) is 2.87. The van der Waals surface area contributed by atoms with Gasteiger partial charge in [-0.2, -0.15) is 0 Å². The Morgan fingerprint density at radius 3 is 2.10 bits per heavy atom. The van der Waals surface area contributed by atoms with Crippen LogP contribution in [-0.2, 0) is 6.42 Å². The van der Waals surface area contributed by atoms with Gasteiger partial charge in [0, 0.05) is 5.56 Å². The van der Waals surface area contributed by atoms with E-state index < -0.39 is 23.7 Å². The zero-order chi connectivity index (χ0) is 21.7. The number of rotatable bonds is 4. The molecule has 3 rings (SSSR count). The summed E-state index contributed by atoms with van der Waals surface area (Å²) >= 11 is 0. The molecule has 0 saturated heterocycles. The topological polar surface area (TPSA) is 9.23 Å². The first-order valence-electron chi connectivity index (χ1n) is 9.21. The van der Waals surface area contributed by atoms with Crippen LogP contribution in [0.15, 0.2) is 60.7 Å². The highest BCUT2D eigenvalue weighted by Crippen LogP contribution is 2.26. The van der Waals surface area contributed by atoms with Crippen molar-refractivity contribution in [2.75, 3.05) is 0 Å². The monoisotopic (exact) mass is 416 g/mol. The van der Waals surface area contributed by atoms with Crippen molar-refractivity contribution >= 4 is 0 Å². The standard InChI is InChI=1S/C24H17F5O/c1-2-3-16-4-8-18(9-5-16)20-12-11-19(21(25)15-20)10-6-17-7-13-23(22(26)14-17)30-24(27,28)29/h4-5,7-9,11-15H,2-3H2,1H3. The fourth-order valence-corrected chi connectivity index (χ4v) is 2.87. The van der Waals surface area contributed by atoms with E-state index in [2.05, 4.69) is 23.5 Å². The van der Waals surface area contributed by atoms with Crippen LogP contribution in [0.2, 0.25) is 0 Å².